The molecule has 0 aliphatic carbocycles. The van der Waals surface area contributed by atoms with E-state index in [0.29, 0.717) is 11.1 Å². The van der Waals surface area contributed by atoms with E-state index in [0.717, 1.165) is 31.5 Å². The van der Waals surface area contributed by atoms with Gasteiger partial charge in [-0.25, -0.2) is 0 Å². The second-order valence-corrected chi connectivity index (χ2v) is 4.58. The van der Waals surface area contributed by atoms with E-state index in [1.54, 1.807) is 12.1 Å². The van der Waals surface area contributed by atoms with Crippen molar-refractivity contribution in [3.05, 3.63) is 29.3 Å². The Morgan fingerprint density at radius 2 is 2.00 bits per heavy atom. The molecule has 4 heteroatoms. The van der Waals surface area contributed by atoms with Crippen LogP contribution in [0.5, 0.6) is 0 Å². The third-order valence-corrected chi connectivity index (χ3v) is 2.79. The van der Waals surface area contributed by atoms with Gasteiger partial charge in [-0.15, -0.1) is 0 Å². The minimum Gasteiger partial charge on any atom is -0.373 e. The molecule has 18 heavy (non-hydrogen) atoms. The zero-order chi connectivity index (χ0) is 13.5. The van der Waals surface area contributed by atoms with E-state index < -0.39 is 0 Å². The van der Waals surface area contributed by atoms with E-state index in [-0.39, 0.29) is 0 Å². The predicted molar refractivity (Wildman–Crippen MR) is 73.0 cm³/mol. The normalized spacial score (nSPS) is 10.2. The highest BCUT2D eigenvalue weighted by Crippen LogP contribution is 2.20. The summed E-state index contributed by atoms with van der Waals surface area (Å²) >= 11 is 0. The van der Waals surface area contributed by atoms with Crippen molar-refractivity contribution in [2.75, 3.05) is 39.1 Å². The molecule has 96 valence electrons. The molecule has 0 bridgehead atoms. The van der Waals surface area contributed by atoms with Gasteiger partial charge in [-0.2, -0.15) is 5.26 Å². The van der Waals surface area contributed by atoms with Gasteiger partial charge in [-0.1, -0.05) is 0 Å². The van der Waals surface area contributed by atoms with Gasteiger partial charge in [0.1, 0.15) is 12.4 Å². The van der Waals surface area contributed by atoms with Crippen LogP contribution in [0.25, 0.3) is 0 Å². The third-order valence-electron chi connectivity index (χ3n) is 2.79. The Morgan fingerprint density at radius 3 is 2.56 bits per heavy atom. The van der Waals surface area contributed by atoms with Crippen LogP contribution in [-0.4, -0.2) is 45.4 Å². The summed E-state index contributed by atoms with van der Waals surface area (Å²) in [5.74, 6) is 0. The third kappa shape index (κ3) is 3.86. The van der Waals surface area contributed by atoms with Gasteiger partial charge in [0.15, 0.2) is 0 Å². The molecule has 0 unspecified atom stereocenters. The van der Waals surface area contributed by atoms with Crippen LogP contribution in [0.2, 0.25) is 0 Å². The van der Waals surface area contributed by atoms with Gasteiger partial charge >= 0.3 is 0 Å². The lowest BCUT2D eigenvalue weighted by atomic mass is 10.1. The minimum absolute atomic E-state index is 0.539. The van der Waals surface area contributed by atoms with Gasteiger partial charge in [-0.3, -0.25) is 4.79 Å². The van der Waals surface area contributed by atoms with Crippen LogP contribution >= 0.6 is 0 Å². The first kappa shape index (κ1) is 14.2. The van der Waals surface area contributed by atoms with E-state index in [1.165, 1.54) is 0 Å². The van der Waals surface area contributed by atoms with Gasteiger partial charge in [0, 0.05) is 19.2 Å². The van der Waals surface area contributed by atoms with E-state index in [4.69, 9.17) is 5.26 Å². The van der Waals surface area contributed by atoms with Crippen LogP contribution in [0.3, 0.4) is 0 Å². The molecule has 0 heterocycles. The van der Waals surface area contributed by atoms with E-state index in [1.807, 2.05) is 27.2 Å². The molecule has 0 atom stereocenters. The van der Waals surface area contributed by atoms with Crippen molar-refractivity contribution >= 4 is 12.0 Å². The Balaban J connectivity index is 2.76. The number of rotatable bonds is 6. The van der Waals surface area contributed by atoms with Crippen molar-refractivity contribution in [1.29, 1.82) is 5.26 Å². The summed E-state index contributed by atoms with van der Waals surface area (Å²) in [7, 11) is 6.05. The minimum atomic E-state index is 0.539. The maximum atomic E-state index is 10.7. The molecule has 0 saturated carbocycles. The van der Waals surface area contributed by atoms with Crippen molar-refractivity contribution < 1.29 is 4.79 Å². The zero-order valence-electron chi connectivity index (χ0n) is 11.2. The molecule has 1 aromatic carbocycles. The topological polar surface area (TPSA) is 47.3 Å². The largest absolute Gasteiger partial charge is 0.373 e. The van der Waals surface area contributed by atoms with Gasteiger partial charge in [0.2, 0.25) is 0 Å². The second kappa shape index (κ2) is 6.77. The van der Waals surface area contributed by atoms with E-state index in [9.17, 15) is 4.79 Å². The molecule has 1 rings (SSSR count). The van der Waals surface area contributed by atoms with Crippen LogP contribution in [0.1, 0.15) is 22.3 Å². The van der Waals surface area contributed by atoms with E-state index >= 15 is 0 Å². The van der Waals surface area contributed by atoms with Crippen LogP contribution in [0.4, 0.5) is 5.69 Å². The van der Waals surface area contributed by atoms with Crippen LogP contribution < -0.4 is 4.90 Å². The Hall–Kier alpha value is -1.86. The first-order valence-corrected chi connectivity index (χ1v) is 5.93. The highest BCUT2D eigenvalue weighted by atomic mass is 16.1. The molecule has 0 N–H and O–H groups in total. The number of benzene rings is 1. The monoisotopic (exact) mass is 245 g/mol. The van der Waals surface area contributed by atoms with E-state index in [2.05, 4.69) is 15.9 Å². The molecule has 0 spiro atoms. The first-order valence-electron chi connectivity index (χ1n) is 5.93. The summed E-state index contributed by atoms with van der Waals surface area (Å²) in [6.45, 7) is 1.89. The average molecular weight is 245 g/mol. The summed E-state index contributed by atoms with van der Waals surface area (Å²) < 4.78 is 0. The Kier molecular flexibility index (Phi) is 5.34. The van der Waals surface area contributed by atoms with Crippen LogP contribution in [-0.2, 0) is 0 Å². The number of aldehydes is 1. The van der Waals surface area contributed by atoms with Crippen LogP contribution in [0, 0.1) is 11.3 Å². The van der Waals surface area contributed by atoms with Crippen molar-refractivity contribution in [3.63, 3.8) is 0 Å². The van der Waals surface area contributed by atoms with Gasteiger partial charge in [-0.05, 0) is 45.3 Å². The highest BCUT2D eigenvalue weighted by molar-refractivity contribution is 5.78. The second-order valence-electron chi connectivity index (χ2n) is 4.58. The molecular formula is C14H19N3O. The number of hydrogen-bond acceptors (Lipinski definition) is 4. The summed E-state index contributed by atoms with van der Waals surface area (Å²) in [6, 6.07) is 7.34. The van der Waals surface area contributed by atoms with Gasteiger partial charge < -0.3 is 9.80 Å². The Labute approximate surface area is 108 Å². The number of nitriles is 1. The summed E-state index contributed by atoms with van der Waals surface area (Å²) in [5, 5.41) is 9.10. The number of carbonyl (C=O) groups excluding carboxylic acids is 1. The van der Waals surface area contributed by atoms with Crippen molar-refractivity contribution in [2.45, 2.75) is 6.42 Å². The SMILES string of the molecule is CN(C)CCCN(C)c1ccc(C=O)cc1C#N. The zero-order valence-corrected chi connectivity index (χ0v) is 11.2. The van der Waals surface area contributed by atoms with Crippen LogP contribution in [0.15, 0.2) is 18.2 Å². The lowest BCUT2D eigenvalue weighted by Gasteiger charge is -2.21. The maximum Gasteiger partial charge on any atom is 0.150 e. The molecule has 0 amide bonds. The first-order chi connectivity index (χ1) is 8.58. The average Bonchev–Trinajstić information content (AvgIpc) is 2.37. The summed E-state index contributed by atoms with van der Waals surface area (Å²) in [5.41, 5.74) is 1.96. The molecule has 4 nitrogen and oxygen atoms in total. The molecule has 1 aromatic rings. The fourth-order valence-corrected chi connectivity index (χ4v) is 1.79. The van der Waals surface area contributed by atoms with Gasteiger partial charge in [0.25, 0.3) is 0 Å². The van der Waals surface area contributed by atoms with Crippen molar-refractivity contribution in [2.24, 2.45) is 0 Å². The number of hydrogen-bond donors (Lipinski definition) is 0. The molecule has 0 fully saturated rings. The Bertz CT molecular complexity index is 449. The molecule has 0 aliphatic heterocycles. The molecule has 0 saturated heterocycles. The number of carbonyl (C=O) groups is 1. The van der Waals surface area contributed by atoms with Crippen molar-refractivity contribution in [3.8, 4) is 6.07 Å². The van der Waals surface area contributed by atoms with Gasteiger partial charge in [0.05, 0.1) is 11.3 Å². The standard InChI is InChI=1S/C14H19N3O/c1-16(2)7-4-8-17(3)14-6-5-12(11-18)9-13(14)10-15/h5-6,9,11H,4,7-8H2,1-3H3. The molecular weight excluding hydrogens is 226 g/mol. The smallest absolute Gasteiger partial charge is 0.150 e. The lowest BCUT2D eigenvalue weighted by molar-refractivity contribution is 0.112. The number of anilines is 1. The molecule has 0 aromatic heterocycles. The fraction of sp³-hybridized carbons (Fsp3) is 0.429. The fourth-order valence-electron chi connectivity index (χ4n) is 1.79. The Morgan fingerprint density at radius 1 is 1.28 bits per heavy atom. The quantitative estimate of drug-likeness (QED) is 0.716. The molecule has 0 aliphatic rings. The summed E-state index contributed by atoms with van der Waals surface area (Å²) in [6.07, 6.45) is 1.79. The number of nitrogens with zero attached hydrogens (tertiary/aromatic N) is 3. The van der Waals surface area contributed by atoms with Crippen molar-refractivity contribution in [1.82, 2.24) is 4.90 Å². The highest BCUT2D eigenvalue weighted by Gasteiger charge is 2.08. The molecule has 0 radical (unpaired) electrons. The lowest BCUT2D eigenvalue weighted by Crippen LogP contribution is -2.24. The maximum absolute atomic E-state index is 10.7. The predicted octanol–water partition coefficient (Wildman–Crippen LogP) is 1.76. The summed E-state index contributed by atoms with van der Waals surface area (Å²) in [4.78, 5) is 14.9.